The second kappa shape index (κ2) is 14.1. The van der Waals surface area contributed by atoms with Gasteiger partial charge in [-0.1, -0.05) is 73.2 Å². The lowest BCUT2D eigenvalue weighted by atomic mass is 9.68. The molecule has 1 saturated heterocycles. The summed E-state index contributed by atoms with van der Waals surface area (Å²) >= 11 is 1.75. The molecule has 2 aromatic carbocycles. The molecule has 4 rings (SSSR count). The molecule has 7 nitrogen and oxygen atoms in total. The van der Waals surface area contributed by atoms with E-state index < -0.39 is 29.4 Å². The summed E-state index contributed by atoms with van der Waals surface area (Å²) in [6.07, 6.45) is 0.981. The maximum atomic E-state index is 13.2. The number of amides is 2. The van der Waals surface area contributed by atoms with Gasteiger partial charge in [0.25, 0.3) is 11.8 Å². The van der Waals surface area contributed by atoms with Crippen molar-refractivity contribution in [1.82, 2.24) is 10.2 Å². The number of likely N-dealkylation sites (tertiary alicyclic amines) is 1. The van der Waals surface area contributed by atoms with E-state index in [1.807, 2.05) is 55.5 Å². The maximum Gasteiger partial charge on any atom is 0.254 e. The van der Waals surface area contributed by atoms with Gasteiger partial charge in [0.05, 0.1) is 5.41 Å². The third kappa shape index (κ3) is 7.22. The van der Waals surface area contributed by atoms with Crippen LogP contribution in [0.5, 0.6) is 0 Å². The highest BCUT2D eigenvalue weighted by atomic mass is 32.2. The van der Waals surface area contributed by atoms with Gasteiger partial charge < -0.3 is 20.4 Å². The van der Waals surface area contributed by atoms with Crippen molar-refractivity contribution in [1.29, 1.82) is 0 Å². The summed E-state index contributed by atoms with van der Waals surface area (Å²) in [4.78, 5) is 40.2. The number of hydrogen-bond donors (Lipinski definition) is 3. The van der Waals surface area contributed by atoms with Crippen molar-refractivity contribution in [2.75, 3.05) is 19.6 Å². The Balaban J connectivity index is 1.23. The predicted molar refractivity (Wildman–Crippen MR) is 158 cm³/mol. The molecule has 214 valence electrons. The van der Waals surface area contributed by atoms with E-state index in [1.54, 1.807) is 11.8 Å². The monoisotopic (exact) mass is 564 g/mol. The Bertz CT molecular complexity index is 1180. The highest BCUT2D eigenvalue weighted by molar-refractivity contribution is 8.03. The molecule has 0 bridgehead atoms. The van der Waals surface area contributed by atoms with Crippen molar-refractivity contribution in [3.8, 4) is 0 Å². The number of rotatable bonds is 12. The van der Waals surface area contributed by atoms with E-state index in [1.165, 1.54) is 16.0 Å². The number of carbonyl (C=O) groups is 3. The van der Waals surface area contributed by atoms with E-state index >= 15 is 0 Å². The highest BCUT2D eigenvalue weighted by Crippen LogP contribution is 2.38. The van der Waals surface area contributed by atoms with Crippen LogP contribution in [0, 0.1) is 0 Å². The largest absolute Gasteiger partial charge is 0.380 e. The number of Topliss-reactive ketones (excluding diaryl/α,β-unsaturated/α-hetero) is 1. The van der Waals surface area contributed by atoms with E-state index in [2.05, 4.69) is 22.9 Å². The molecule has 0 spiro atoms. The van der Waals surface area contributed by atoms with E-state index in [0.717, 1.165) is 31.2 Å². The summed E-state index contributed by atoms with van der Waals surface area (Å²) in [5.74, 6) is -1.28. The van der Waals surface area contributed by atoms with Gasteiger partial charge in [-0.2, -0.15) is 0 Å². The van der Waals surface area contributed by atoms with Crippen LogP contribution >= 0.6 is 11.8 Å². The molecule has 3 N–H and O–H groups in total. The van der Waals surface area contributed by atoms with Gasteiger partial charge in [0, 0.05) is 31.3 Å². The molecular weight excluding hydrogens is 524 g/mol. The van der Waals surface area contributed by atoms with Crippen molar-refractivity contribution in [3.63, 3.8) is 0 Å². The number of nitrogens with one attached hydrogen (secondary N) is 1. The molecule has 2 heterocycles. The molecule has 0 saturated carbocycles. The molecule has 1 fully saturated rings. The molecule has 3 atom stereocenters. The number of piperidine rings is 1. The molecule has 0 aliphatic carbocycles. The van der Waals surface area contributed by atoms with Gasteiger partial charge in [0.1, 0.15) is 5.78 Å². The zero-order valence-electron chi connectivity index (χ0n) is 23.1. The minimum absolute atomic E-state index is 0.163. The third-order valence-corrected chi connectivity index (χ3v) is 9.30. The molecule has 8 heteroatoms. The lowest BCUT2D eigenvalue weighted by Gasteiger charge is -2.42. The average molecular weight is 565 g/mol. The van der Waals surface area contributed by atoms with Gasteiger partial charge in [-0.05, 0) is 55.1 Å². The topological polar surface area (TPSA) is 107 Å². The number of benzene rings is 2. The van der Waals surface area contributed by atoms with Gasteiger partial charge >= 0.3 is 0 Å². The molecular formula is C32H40N2O5S. The molecule has 1 unspecified atom stereocenters. The van der Waals surface area contributed by atoms with Crippen molar-refractivity contribution in [2.45, 2.75) is 74.7 Å². The van der Waals surface area contributed by atoms with Crippen LogP contribution in [0.25, 0.3) is 0 Å². The number of hydrogen-bond acceptors (Lipinski definition) is 6. The molecule has 2 aliphatic rings. The van der Waals surface area contributed by atoms with E-state index in [9.17, 15) is 24.6 Å². The molecule has 0 radical (unpaired) electrons. The molecule has 2 aromatic rings. The Morgan fingerprint density at radius 3 is 2.30 bits per heavy atom. The van der Waals surface area contributed by atoms with Gasteiger partial charge in [-0.25, -0.2) is 0 Å². The van der Waals surface area contributed by atoms with Gasteiger partial charge in [-0.3, -0.25) is 14.4 Å². The fourth-order valence-corrected chi connectivity index (χ4v) is 6.84. The number of aliphatic hydroxyl groups excluding tert-OH is 2. The quantitative estimate of drug-likeness (QED) is 0.362. The van der Waals surface area contributed by atoms with Crippen LogP contribution in [-0.4, -0.2) is 69.8 Å². The Morgan fingerprint density at radius 2 is 1.65 bits per heavy atom. The SMILES string of the molecule is CCCC(=O)C1(c2ccccc2)CCN(C(=O)[C@H](O)[C@@H](O)C(=O)NCCC2CC(Cc3ccccc3)=CS2)CC1. The maximum absolute atomic E-state index is 13.2. The predicted octanol–water partition coefficient (Wildman–Crippen LogP) is 3.78. The Kier molecular flexibility index (Phi) is 10.6. The summed E-state index contributed by atoms with van der Waals surface area (Å²) in [7, 11) is 0. The number of ketones is 1. The van der Waals surface area contributed by atoms with Crippen LogP contribution in [0.2, 0.25) is 0 Å². The molecule has 40 heavy (non-hydrogen) atoms. The van der Waals surface area contributed by atoms with Crippen molar-refractivity contribution in [3.05, 3.63) is 82.8 Å². The summed E-state index contributed by atoms with van der Waals surface area (Å²) in [5.41, 5.74) is 2.92. The van der Waals surface area contributed by atoms with Gasteiger partial charge in [-0.15, -0.1) is 11.8 Å². The lowest BCUT2D eigenvalue weighted by molar-refractivity contribution is -0.154. The molecule has 2 amide bonds. The first-order valence-corrected chi connectivity index (χ1v) is 15.2. The first kappa shape index (κ1) is 30.0. The fourth-order valence-electron chi connectivity index (χ4n) is 5.71. The first-order chi connectivity index (χ1) is 19.3. The number of aliphatic hydroxyl groups is 2. The summed E-state index contributed by atoms with van der Waals surface area (Å²) in [6, 6.07) is 20.0. The normalized spacial score (nSPS) is 19.9. The van der Waals surface area contributed by atoms with Crippen LogP contribution < -0.4 is 5.32 Å². The van der Waals surface area contributed by atoms with Crippen LogP contribution in [-0.2, 0) is 26.2 Å². The summed E-state index contributed by atoms with van der Waals surface area (Å²) < 4.78 is 0. The number of thioether (sulfide) groups is 1. The lowest BCUT2D eigenvalue weighted by Crippen LogP contribution is -2.55. The number of allylic oxidation sites excluding steroid dienone is 1. The van der Waals surface area contributed by atoms with Gasteiger partial charge in [0.2, 0.25) is 0 Å². The van der Waals surface area contributed by atoms with E-state index in [4.69, 9.17) is 0 Å². The second-order valence-electron chi connectivity index (χ2n) is 10.8. The molecule has 2 aliphatic heterocycles. The van der Waals surface area contributed by atoms with E-state index in [-0.39, 0.29) is 18.9 Å². The first-order valence-electron chi connectivity index (χ1n) is 14.2. The fraction of sp³-hybridized carbons (Fsp3) is 0.469. The van der Waals surface area contributed by atoms with Crippen LogP contribution in [0.3, 0.4) is 0 Å². The van der Waals surface area contributed by atoms with Crippen LogP contribution in [0.1, 0.15) is 56.6 Å². The third-order valence-electron chi connectivity index (χ3n) is 8.04. The minimum atomic E-state index is -1.85. The zero-order chi connectivity index (χ0) is 28.5. The van der Waals surface area contributed by atoms with Crippen molar-refractivity contribution < 1.29 is 24.6 Å². The minimum Gasteiger partial charge on any atom is -0.380 e. The van der Waals surface area contributed by atoms with Crippen molar-refractivity contribution >= 4 is 29.4 Å². The number of carbonyl (C=O) groups excluding carboxylic acids is 3. The highest BCUT2D eigenvalue weighted by Gasteiger charge is 2.44. The zero-order valence-corrected chi connectivity index (χ0v) is 23.9. The Hall–Kier alpha value is -2.94. The summed E-state index contributed by atoms with van der Waals surface area (Å²) in [5, 5.41) is 26.2. The number of nitrogens with zero attached hydrogens (tertiary/aromatic N) is 1. The Labute approximate surface area is 241 Å². The average Bonchev–Trinajstić information content (AvgIpc) is 3.43. The van der Waals surface area contributed by atoms with Gasteiger partial charge in [0.15, 0.2) is 12.2 Å². The summed E-state index contributed by atoms with van der Waals surface area (Å²) in [6.45, 7) is 2.87. The second-order valence-corrected chi connectivity index (χ2v) is 12.0. The molecule has 0 aromatic heterocycles. The Morgan fingerprint density at radius 1 is 1.00 bits per heavy atom. The van der Waals surface area contributed by atoms with Crippen LogP contribution in [0.15, 0.2) is 71.6 Å². The smallest absolute Gasteiger partial charge is 0.254 e. The van der Waals surface area contributed by atoms with E-state index in [0.29, 0.717) is 31.1 Å². The standard InChI is InChI=1S/C32H40N2O5S/c1-2-9-27(35)32(25-12-7-4-8-13-25)15-18-34(19-16-32)31(39)29(37)28(36)30(38)33-17-14-26-21-24(22-40-26)20-23-10-5-3-6-11-23/h3-8,10-13,22,26,28-29,36-37H,2,9,14-21H2,1H3,(H,33,38)/t26?,28-,29-/m1/s1. The van der Waals surface area contributed by atoms with Crippen LogP contribution in [0.4, 0.5) is 0 Å². The van der Waals surface area contributed by atoms with Crippen molar-refractivity contribution in [2.24, 2.45) is 0 Å².